The number of carbonyl (C=O) groups excluding carboxylic acids is 2. The number of carbonyl (C=O) groups is 2. The van der Waals surface area contributed by atoms with Gasteiger partial charge < -0.3 is 25.0 Å². The molecule has 3 rings (SSSR count). The number of benzene rings is 1. The van der Waals surface area contributed by atoms with E-state index in [-0.39, 0.29) is 11.9 Å². The van der Waals surface area contributed by atoms with Gasteiger partial charge in [-0.1, -0.05) is 0 Å². The summed E-state index contributed by atoms with van der Waals surface area (Å²) in [5, 5.41) is 5.58. The van der Waals surface area contributed by atoms with Gasteiger partial charge in [0.1, 0.15) is 13.2 Å². The van der Waals surface area contributed by atoms with Gasteiger partial charge in [0.05, 0.1) is 0 Å². The van der Waals surface area contributed by atoms with Crippen LogP contribution in [0.15, 0.2) is 23.1 Å². The molecule has 0 radical (unpaired) electrons. The second kappa shape index (κ2) is 8.14. The van der Waals surface area contributed by atoms with Crippen LogP contribution in [-0.2, 0) is 4.79 Å². The second-order valence-corrected chi connectivity index (χ2v) is 6.64. The van der Waals surface area contributed by atoms with Gasteiger partial charge in [0.2, 0.25) is 5.91 Å². The van der Waals surface area contributed by atoms with Crippen molar-refractivity contribution in [2.75, 3.05) is 45.1 Å². The molecule has 7 nitrogen and oxygen atoms in total. The first-order chi connectivity index (χ1) is 11.7. The highest BCUT2D eigenvalue weighted by molar-refractivity contribution is 7.99. The number of ether oxygens (including phenoxy) is 2. The number of urea groups is 1. The fourth-order valence-corrected chi connectivity index (χ4v) is 3.40. The van der Waals surface area contributed by atoms with Crippen LogP contribution in [0, 0.1) is 0 Å². The number of nitrogens with zero attached hydrogens (tertiary/aromatic N) is 1. The highest BCUT2D eigenvalue weighted by Gasteiger charge is 2.18. The molecule has 2 aliphatic rings. The highest BCUT2D eigenvalue weighted by atomic mass is 32.2. The minimum absolute atomic E-state index is 0.000326. The Bertz CT molecular complexity index is 611. The number of hydrogen-bond donors (Lipinski definition) is 2. The van der Waals surface area contributed by atoms with Crippen molar-refractivity contribution >= 4 is 23.7 Å². The topological polar surface area (TPSA) is 79.9 Å². The number of hydrogen-bond acceptors (Lipinski definition) is 5. The van der Waals surface area contributed by atoms with Crippen LogP contribution in [0.25, 0.3) is 0 Å². The lowest BCUT2D eigenvalue weighted by atomic mass is 10.3. The molecule has 0 atom stereocenters. The second-order valence-electron chi connectivity index (χ2n) is 5.47. The maximum atomic E-state index is 11.8. The van der Waals surface area contributed by atoms with Crippen molar-refractivity contribution < 1.29 is 19.1 Å². The maximum Gasteiger partial charge on any atom is 0.317 e. The number of rotatable bonds is 7. The Morgan fingerprint density at radius 1 is 1.29 bits per heavy atom. The third kappa shape index (κ3) is 4.47. The smallest absolute Gasteiger partial charge is 0.317 e. The molecule has 2 heterocycles. The molecule has 1 aromatic carbocycles. The Balaban J connectivity index is 1.34. The van der Waals surface area contributed by atoms with E-state index in [4.69, 9.17) is 9.47 Å². The molecule has 2 N–H and O–H groups in total. The first kappa shape index (κ1) is 16.8. The van der Waals surface area contributed by atoms with Gasteiger partial charge in [-0.05, 0) is 18.2 Å². The van der Waals surface area contributed by atoms with Crippen molar-refractivity contribution in [3.8, 4) is 11.5 Å². The molecule has 2 aliphatic heterocycles. The van der Waals surface area contributed by atoms with E-state index in [1.807, 2.05) is 18.2 Å². The van der Waals surface area contributed by atoms with Crippen LogP contribution in [0.2, 0.25) is 0 Å². The van der Waals surface area contributed by atoms with Crippen molar-refractivity contribution in [3.63, 3.8) is 0 Å². The first-order valence-corrected chi connectivity index (χ1v) is 9.03. The van der Waals surface area contributed by atoms with Gasteiger partial charge in [-0.2, -0.15) is 0 Å². The average Bonchev–Trinajstić information content (AvgIpc) is 3.00. The molecule has 130 valence electrons. The fraction of sp³-hybridized carbons (Fsp3) is 0.500. The molecule has 8 heteroatoms. The lowest BCUT2D eigenvalue weighted by Crippen LogP contribution is -2.36. The number of nitrogens with one attached hydrogen (secondary N) is 2. The molecule has 0 unspecified atom stereocenters. The number of fused-ring (bicyclic) bond motifs is 1. The number of thioether (sulfide) groups is 1. The summed E-state index contributed by atoms with van der Waals surface area (Å²) in [6.07, 6.45) is 0.436. The first-order valence-electron chi connectivity index (χ1n) is 8.04. The quantitative estimate of drug-likeness (QED) is 0.719. The third-order valence-electron chi connectivity index (χ3n) is 3.76. The zero-order chi connectivity index (χ0) is 16.8. The molecule has 0 bridgehead atoms. The standard InChI is InChI=1S/C16H21N3O4S/c20-15(17-4-6-19-7-5-18-16(19)21)3-10-24-12-1-2-13-14(11-12)23-9-8-22-13/h1-2,11H,3-10H2,(H,17,20)(H,18,21). The molecule has 1 aromatic rings. The SMILES string of the molecule is O=C(CCSc1ccc2c(c1)OCCO2)NCCN1CCNC1=O. The van der Waals surface area contributed by atoms with E-state index in [1.165, 1.54) is 0 Å². The van der Waals surface area contributed by atoms with Crippen molar-refractivity contribution in [3.05, 3.63) is 18.2 Å². The summed E-state index contributed by atoms with van der Waals surface area (Å²) in [5.41, 5.74) is 0. The molecular weight excluding hydrogens is 330 g/mol. The monoisotopic (exact) mass is 351 g/mol. The van der Waals surface area contributed by atoms with Gasteiger partial charge in [0, 0.05) is 43.2 Å². The van der Waals surface area contributed by atoms with Crippen LogP contribution in [0.4, 0.5) is 4.79 Å². The van der Waals surface area contributed by atoms with E-state index in [1.54, 1.807) is 16.7 Å². The summed E-state index contributed by atoms with van der Waals surface area (Å²) in [6, 6.07) is 5.77. The molecule has 0 aliphatic carbocycles. The zero-order valence-corrected chi connectivity index (χ0v) is 14.2. The van der Waals surface area contributed by atoms with Crippen molar-refractivity contribution in [1.82, 2.24) is 15.5 Å². The van der Waals surface area contributed by atoms with Gasteiger partial charge in [0.25, 0.3) is 0 Å². The van der Waals surface area contributed by atoms with Crippen LogP contribution < -0.4 is 20.1 Å². The van der Waals surface area contributed by atoms with Gasteiger partial charge in [-0.3, -0.25) is 4.79 Å². The largest absolute Gasteiger partial charge is 0.486 e. The average molecular weight is 351 g/mol. The summed E-state index contributed by atoms with van der Waals surface area (Å²) < 4.78 is 11.0. The fourth-order valence-electron chi connectivity index (χ4n) is 2.52. The molecule has 3 amide bonds. The van der Waals surface area contributed by atoms with E-state index in [9.17, 15) is 9.59 Å². The van der Waals surface area contributed by atoms with Gasteiger partial charge in [-0.25, -0.2) is 4.79 Å². The Hall–Kier alpha value is -2.09. The lowest BCUT2D eigenvalue weighted by molar-refractivity contribution is -0.120. The predicted molar refractivity (Wildman–Crippen MR) is 90.8 cm³/mol. The Labute approximate surface area is 145 Å². The van der Waals surface area contributed by atoms with Crippen LogP contribution in [0.3, 0.4) is 0 Å². The van der Waals surface area contributed by atoms with Crippen molar-refractivity contribution in [2.24, 2.45) is 0 Å². The Kier molecular flexibility index (Phi) is 5.68. The van der Waals surface area contributed by atoms with Crippen molar-refractivity contribution in [2.45, 2.75) is 11.3 Å². The van der Waals surface area contributed by atoms with Gasteiger partial charge in [0.15, 0.2) is 11.5 Å². The molecular formula is C16H21N3O4S. The summed E-state index contributed by atoms with van der Waals surface area (Å²) in [7, 11) is 0. The van der Waals surface area contributed by atoms with E-state index < -0.39 is 0 Å². The third-order valence-corrected chi connectivity index (χ3v) is 4.76. The van der Waals surface area contributed by atoms with Crippen LogP contribution in [0.5, 0.6) is 11.5 Å². The molecule has 0 saturated carbocycles. The van der Waals surface area contributed by atoms with E-state index in [0.29, 0.717) is 51.6 Å². The summed E-state index contributed by atoms with van der Waals surface area (Å²) >= 11 is 1.61. The predicted octanol–water partition coefficient (Wildman–Crippen LogP) is 1.08. The molecule has 0 aromatic heterocycles. The molecule has 24 heavy (non-hydrogen) atoms. The summed E-state index contributed by atoms with van der Waals surface area (Å²) in [6.45, 7) is 3.57. The Morgan fingerprint density at radius 3 is 2.92 bits per heavy atom. The highest BCUT2D eigenvalue weighted by Crippen LogP contribution is 2.34. The van der Waals surface area contributed by atoms with E-state index in [2.05, 4.69) is 10.6 Å². The summed E-state index contributed by atoms with van der Waals surface area (Å²) in [5.74, 6) is 2.23. The van der Waals surface area contributed by atoms with Crippen LogP contribution in [-0.4, -0.2) is 62.0 Å². The van der Waals surface area contributed by atoms with Crippen LogP contribution in [0.1, 0.15) is 6.42 Å². The molecule has 1 fully saturated rings. The maximum absolute atomic E-state index is 11.8. The zero-order valence-electron chi connectivity index (χ0n) is 13.4. The molecule has 1 saturated heterocycles. The van der Waals surface area contributed by atoms with Crippen molar-refractivity contribution in [1.29, 1.82) is 0 Å². The van der Waals surface area contributed by atoms with Crippen LogP contribution >= 0.6 is 11.8 Å². The minimum Gasteiger partial charge on any atom is -0.486 e. The van der Waals surface area contributed by atoms with E-state index >= 15 is 0 Å². The van der Waals surface area contributed by atoms with E-state index in [0.717, 1.165) is 16.4 Å². The summed E-state index contributed by atoms with van der Waals surface area (Å²) in [4.78, 5) is 25.9. The van der Waals surface area contributed by atoms with Gasteiger partial charge in [-0.15, -0.1) is 11.8 Å². The Morgan fingerprint density at radius 2 is 2.12 bits per heavy atom. The normalized spacial score (nSPS) is 16.0. The van der Waals surface area contributed by atoms with Gasteiger partial charge >= 0.3 is 6.03 Å². The minimum atomic E-state index is -0.0570. The number of amides is 3. The lowest BCUT2D eigenvalue weighted by Gasteiger charge is -2.18. The molecule has 0 spiro atoms.